The Balaban J connectivity index is 1.72. The molecule has 3 heterocycles. The summed E-state index contributed by atoms with van der Waals surface area (Å²) >= 11 is 0. The van der Waals surface area contributed by atoms with Crippen LogP contribution in [0.25, 0.3) is 11.6 Å². The van der Waals surface area contributed by atoms with Crippen LogP contribution in [0, 0.1) is 0 Å². The first kappa shape index (κ1) is 14.9. The third-order valence-corrected chi connectivity index (χ3v) is 6.57. The minimum Gasteiger partial charge on any atom is -0.361 e. The van der Waals surface area contributed by atoms with Crippen molar-refractivity contribution in [1.82, 2.24) is 4.98 Å². The molecule has 2 aliphatic heterocycles. The second-order valence-corrected chi connectivity index (χ2v) is 8.15. The summed E-state index contributed by atoms with van der Waals surface area (Å²) in [7, 11) is -3.75. The number of hydrogen-bond acceptors (Lipinski definition) is 4. The van der Waals surface area contributed by atoms with Crippen LogP contribution < -0.4 is 5.32 Å². The van der Waals surface area contributed by atoms with E-state index in [9.17, 15) is 13.2 Å². The lowest BCUT2D eigenvalue weighted by molar-refractivity contribution is -0.110. The van der Waals surface area contributed by atoms with E-state index in [2.05, 4.69) is 10.3 Å². The molecule has 128 valence electrons. The Hall–Kier alpha value is -2.38. The summed E-state index contributed by atoms with van der Waals surface area (Å²) < 4.78 is 29.3. The average molecular weight is 356 g/mol. The molecule has 0 radical (unpaired) electrons. The fraction of sp³-hybridized carbons (Fsp3) is 0.278. The highest BCUT2D eigenvalue weighted by molar-refractivity contribution is 7.86. The number of carbonyl (C=O) groups is 1. The third kappa shape index (κ3) is 2.12. The first-order valence-corrected chi connectivity index (χ1v) is 9.73. The van der Waals surface area contributed by atoms with Crippen molar-refractivity contribution in [2.75, 3.05) is 11.9 Å². The predicted octanol–water partition coefficient (Wildman–Crippen LogP) is 2.26. The van der Waals surface area contributed by atoms with Crippen molar-refractivity contribution in [3.05, 3.63) is 46.3 Å². The van der Waals surface area contributed by atoms with E-state index in [4.69, 9.17) is 4.18 Å². The van der Waals surface area contributed by atoms with Crippen molar-refractivity contribution >= 4 is 33.4 Å². The van der Waals surface area contributed by atoms with Gasteiger partial charge in [0.05, 0.1) is 17.1 Å². The van der Waals surface area contributed by atoms with E-state index in [1.807, 2.05) is 12.3 Å². The molecule has 1 aliphatic carbocycles. The molecule has 0 saturated heterocycles. The molecule has 0 unspecified atom stereocenters. The number of carbonyl (C=O) groups excluding carboxylic acids is 1. The standard InChI is InChI=1S/C18H16N2O4S/c21-18-13(8-15-11-3-1-2-10(11)9-19-15)17-12-6-7-24-25(22,23)16(12)5-4-14(17)20-18/h4-5,8-9,19H,1-3,6-7H2,(H,20,21)/b13-8-. The molecule has 25 heavy (non-hydrogen) atoms. The van der Waals surface area contributed by atoms with E-state index in [0.29, 0.717) is 28.8 Å². The number of H-pyrrole nitrogens is 1. The number of anilines is 1. The summed E-state index contributed by atoms with van der Waals surface area (Å²) in [4.78, 5) is 15.9. The normalized spacial score (nSPS) is 21.8. The summed E-state index contributed by atoms with van der Waals surface area (Å²) in [6.07, 6.45) is 7.51. The average Bonchev–Trinajstić information content (AvgIpc) is 3.24. The molecule has 7 heteroatoms. The predicted molar refractivity (Wildman–Crippen MR) is 92.6 cm³/mol. The molecule has 1 aromatic carbocycles. The van der Waals surface area contributed by atoms with Crippen molar-refractivity contribution < 1.29 is 17.4 Å². The number of nitrogens with one attached hydrogen (secondary N) is 2. The van der Waals surface area contributed by atoms with Gasteiger partial charge in [-0.05, 0) is 60.6 Å². The minimum absolute atomic E-state index is 0.102. The Morgan fingerprint density at radius 3 is 2.88 bits per heavy atom. The van der Waals surface area contributed by atoms with Gasteiger partial charge < -0.3 is 10.3 Å². The Morgan fingerprint density at radius 1 is 1.12 bits per heavy atom. The quantitative estimate of drug-likeness (QED) is 0.606. The zero-order chi connectivity index (χ0) is 17.2. The molecule has 0 saturated carbocycles. The van der Waals surface area contributed by atoms with Crippen LogP contribution in [0.15, 0.2) is 23.2 Å². The molecule has 2 aromatic rings. The van der Waals surface area contributed by atoms with Crippen LogP contribution in [0.2, 0.25) is 0 Å². The van der Waals surface area contributed by atoms with Crippen LogP contribution in [0.5, 0.6) is 0 Å². The monoisotopic (exact) mass is 356 g/mol. The topological polar surface area (TPSA) is 88.3 Å². The Bertz CT molecular complexity index is 1060. The van der Waals surface area contributed by atoms with E-state index in [1.54, 1.807) is 6.07 Å². The van der Waals surface area contributed by atoms with E-state index in [-0.39, 0.29) is 17.4 Å². The zero-order valence-corrected chi connectivity index (χ0v) is 14.2. The highest BCUT2D eigenvalue weighted by atomic mass is 32.2. The summed E-state index contributed by atoms with van der Waals surface area (Å²) in [5, 5.41) is 2.85. The number of rotatable bonds is 1. The minimum atomic E-state index is -3.75. The van der Waals surface area contributed by atoms with Crippen molar-refractivity contribution in [1.29, 1.82) is 0 Å². The number of fused-ring (bicyclic) bond motifs is 4. The molecular formula is C18H16N2O4S. The number of benzene rings is 1. The smallest absolute Gasteiger partial charge is 0.297 e. The van der Waals surface area contributed by atoms with Gasteiger partial charge >= 0.3 is 0 Å². The molecule has 2 N–H and O–H groups in total. The first-order valence-electron chi connectivity index (χ1n) is 8.32. The number of aromatic amines is 1. The van der Waals surface area contributed by atoms with Crippen LogP contribution in [0.4, 0.5) is 5.69 Å². The molecule has 1 amide bonds. The summed E-state index contributed by atoms with van der Waals surface area (Å²) in [6, 6.07) is 3.15. The van der Waals surface area contributed by atoms with Gasteiger partial charge in [-0.2, -0.15) is 8.42 Å². The largest absolute Gasteiger partial charge is 0.361 e. The molecule has 0 bridgehead atoms. The summed E-state index contributed by atoms with van der Waals surface area (Å²) in [6.45, 7) is 0.102. The molecule has 0 fully saturated rings. The van der Waals surface area contributed by atoms with Crippen molar-refractivity contribution in [3.8, 4) is 0 Å². The molecular weight excluding hydrogens is 340 g/mol. The highest BCUT2D eigenvalue weighted by Gasteiger charge is 2.34. The van der Waals surface area contributed by atoms with Gasteiger partial charge in [0.15, 0.2) is 0 Å². The van der Waals surface area contributed by atoms with Gasteiger partial charge in [0.25, 0.3) is 16.0 Å². The molecule has 3 aliphatic rings. The molecule has 6 nitrogen and oxygen atoms in total. The second-order valence-electron chi connectivity index (χ2n) is 6.56. The van der Waals surface area contributed by atoms with Crippen LogP contribution in [-0.4, -0.2) is 25.9 Å². The van der Waals surface area contributed by atoms with E-state index in [0.717, 1.165) is 25.0 Å². The maximum Gasteiger partial charge on any atom is 0.297 e. The Kier molecular flexibility index (Phi) is 3.02. The number of amides is 1. The SMILES string of the molecule is O=C1Nc2ccc3c(c2/C1=C/c1[nH]cc2c1CCC2)CCOS3(=O)=O. The highest BCUT2D eigenvalue weighted by Crippen LogP contribution is 2.41. The molecule has 0 atom stereocenters. The van der Waals surface area contributed by atoms with Crippen molar-refractivity contribution in [3.63, 3.8) is 0 Å². The second kappa shape index (κ2) is 5.06. The summed E-state index contributed by atoms with van der Waals surface area (Å²) in [5.41, 5.74) is 6.03. The fourth-order valence-electron chi connectivity index (χ4n) is 4.04. The first-order chi connectivity index (χ1) is 12.0. The number of aryl methyl sites for hydroxylation is 1. The van der Waals surface area contributed by atoms with Crippen LogP contribution in [0.1, 0.15) is 34.4 Å². The van der Waals surface area contributed by atoms with Gasteiger partial charge in [-0.1, -0.05) is 0 Å². The van der Waals surface area contributed by atoms with Crippen LogP contribution >= 0.6 is 0 Å². The van der Waals surface area contributed by atoms with Gasteiger partial charge in [0, 0.05) is 23.1 Å². The Labute approximate surface area is 145 Å². The fourth-order valence-corrected chi connectivity index (χ4v) is 5.21. The van der Waals surface area contributed by atoms with Crippen LogP contribution in [0.3, 0.4) is 0 Å². The van der Waals surface area contributed by atoms with E-state index in [1.165, 1.54) is 17.2 Å². The Morgan fingerprint density at radius 2 is 2.00 bits per heavy atom. The van der Waals surface area contributed by atoms with Gasteiger partial charge in [0.1, 0.15) is 0 Å². The van der Waals surface area contributed by atoms with Gasteiger partial charge in [0.2, 0.25) is 0 Å². The number of aromatic nitrogens is 1. The molecule has 1 aromatic heterocycles. The van der Waals surface area contributed by atoms with E-state index < -0.39 is 10.1 Å². The van der Waals surface area contributed by atoms with Gasteiger partial charge in [-0.25, -0.2) is 0 Å². The third-order valence-electron chi connectivity index (χ3n) is 5.17. The zero-order valence-electron chi connectivity index (χ0n) is 13.4. The van der Waals surface area contributed by atoms with Gasteiger partial charge in [-0.3, -0.25) is 8.98 Å². The summed E-state index contributed by atoms with van der Waals surface area (Å²) in [5.74, 6) is -0.200. The van der Waals surface area contributed by atoms with E-state index >= 15 is 0 Å². The lowest BCUT2D eigenvalue weighted by atomic mass is 9.97. The molecule has 5 rings (SSSR count). The van der Waals surface area contributed by atoms with Crippen LogP contribution in [-0.2, 0) is 38.4 Å². The molecule has 0 spiro atoms. The van der Waals surface area contributed by atoms with Crippen molar-refractivity contribution in [2.24, 2.45) is 0 Å². The maximum absolute atomic E-state index is 12.5. The lowest BCUT2D eigenvalue weighted by Crippen LogP contribution is -2.19. The maximum atomic E-state index is 12.5. The lowest BCUT2D eigenvalue weighted by Gasteiger charge is -2.19. The number of hydrogen-bond donors (Lipinski definition) is 2. The van der Waals surface area contributed by atoms with Crippen molar-refractivity contribution in [2.45, 2.75) is 30.6 Å². The van der Waals surface area contributed by atoms with Gasteiger partial charge in [-0.15, -0.1) is 0 Å².